The maximum absolute atomic E-state index is 10.8. The lowest BCUT2D eigenvalue weighted by Gasteiger charge is -2.04. The van der Waals surface area contributed by atoms with Gasteiger partial charge in [0.2, 0.25) is 5.91 Å². The van der Waals surface area contributed by atoms with Crippen LogP contribution in [-0.4, -0.2) is 25.5 Å². The summed E-state index contributed by atoms with van der Waals surface area (Å²) in [6.45, 7) is 6.71. The molecule has 0 spiro atoms. The third kappa shape index (κ3) is 7.54. The molecule has 0 heterocycles. The molecule has 0 radical (unpaired) electrons. The monoisotopic (exact) mass is 172 g/mol. The van der Waals surface area contributed by atoms with E-state index in [2.05, 4.69) is 17.6 Å². The fraction of sp³-hybridized carbons (Fsp3) is 0.889. The van der Waals surface area contributed by atoms with Crippen molar-refractivity contribution in [2.45, 2.75) is 33.1 Å². The van der Waals surface area contributed by atoms with Crippen molar-refractivity contribution in [3.05, 3.63) is 0 Å². The molecule has 12 heavy (non-hydrogen) atoms. The summed E-state index contributed by atoms with van der Waals surface area (Å²) in [7, 11) is 0. The van der Waals surface area contributed by atoms with Crippen LogP contribution >= 0.6 is 0 Å². The number of hydrogen-bond donors (Lipinski definition) is 2. The van der Waals surface area contributed by atoms with Gasteiger partial charge in [-0.3, -0.25) is 4.79 Å². The second-order valence-electron chi connectivity index (χ2n) is 2.81. The van der Waals surface area contributed by atoms with Gasteiger partial charge in [-0.05, 0) is 13.0 Å². The third-order valence-electron chi connectivity index (χ3n) is 1.65. The standard InChI is InChI=1S/C9H20N2O/c1-3-5-6-10-7-8-11-9(12)4-2/h10H,3-8H2,1-2H3,(H,11,12). The van der Waals surface area contributed by atoms with Crippen LogP contribution < -0.4 is 10.6 Å². The predicted molar refractivity (Wildman–Crippen MR) is 51.1 cm³/mol. The van der Waals surface area contributed by atoms with Gasteiger partial charge in [-0.15, -0.1) is 0 Å². The number of carbonyl (C=O) groups is 1. The first-order valence-electron chi connectivity index (χ1n) is 4.78. The molecule has 0 aliphatic carbocycles. The molecule has 3 heteroatoms. The van der Waals surface area contributed by atoms with Crippen LogP contribution in [0, 0.1) is 0 Å². The molecule has 0 saturated carbocycles. The summed E-state index contributed by atoms with van der Waals surface area (Å²) in [4.78, 5) is 10.8. The van der Waals surface area contributed by atoms with Crippen molar-refractivity contribution in [2.75, 3.05) is 19.6 Å². The van der Waals surface area contributed by atoms with Crippen LogP contribution in [0.3, 0.4) is 0 Å². The summed E-state index contributed by atoms with van der Waals surface area (Å²) in [6.07, 6.45) is 3.00. The number of hydrogen-bond acceptors (Lipinski definition) is 2. The van der Waals surface area contributed by atoms with Gasteiger partial charge in [0.05, 0.1) is 0 Å². The average molecular weight is 172 g/mol. The van der Waals surface area contributed by atoms with Crippen molar-refractivity contribution in [1.29, 1.82) is 0 Å². The first kappa shape index (κ1) is 11.4. The van der Waals surface area contributed by atoms with Gasteiger partial charge in [0.1, 0.15) is 0 Å². The fourth-order valence-corrected chi connectivity index (χ4v) is 0.842. The number of carbonyl (C=O) groups excluding carboxylic acids is 1. The minimum Gasteiger partial charge on any atom is -0.355 e. The molecule has 0 atom stereocenters. The number of unbranched alkanes of at least 4 members (excludes halogenated alkanes) is 1. The summed E-state index contributed by atoms with van der Waals surface area (Å²) in [6, 6.07) is 0. The van der Waals surface area contributed by atoms with E-state index in [1.54, 1.807) is 0 Å². The summed E-state index contributed by atoms with van der Waals surface area (Å²) >= 11 is 0. The Morgan fingerprint density at radius 2 is 1.92 bits per heavy atom. The molecular formula is C9H20N2O. The highest BCUT2D eigenvalue weighted by atomic mass is 16.1. The fourth-order valence-electron chi connectivity index (χ4n) is 0.842. The molecule has 2 N–H and O–H groups in total. The van der Waals surface area contributed by atoms with Crippen LogP contribution in [0.15, 0.2) is 0 Å². The van der Waals surface area contributed by atoms with E-state index in [4.69, 9.17) is 0 Å². The third-order valence-corrected chi connectivity index (χ3v) is 1.65. The van der Waals surface area contributed by atoms with Crippen LogP contribution in [0.4, 0.5) is 0 Å². The summed E-state index contributed by atoms with van der Waals surface area (Å²) in [5.74, 6) is 0.132. The summed E-state index contributed by atoms with van der Waals surface area (Å²) < 4.78 is 0. The molecule has 0 bridgehead atoms. The van der Waals surface area contributed by atoms with Gasteiger partial charge in [-0.2, -0.15) is 0 Å². The van der Waals surface area contributed by atoms with Gasteiger partial charge in [0.15, 0.2) is 0 Å². The Kier molecular flexibility index (Phi) is 8.12. The number of nitrogens with one attached hydrogen (secondary N) is 2. The molecule has 0 aliphatic rings. The lowest BCUT2D eigenvalue weighted by molar-refractivity contribution is -0.120. The molecule has 0 aromatic heterocycles. The zero-order valence-electron chi connectivity index (χ0n) is 8.15. The van der Waals surface area contributed by atoms with Crippen molar-refractivity contribution in [2.24, 2.45) is 0 Å². The number of amides is 1. The zero-order chi connectivity index (χ0) is 9.23. The van der Waals surface area contributed by atoms with Crippen molar-refractivity contribution < 1.29 is 4.79 Å². The lowest BCUT2D eigenvalue weighted by Crippen LogP contribution is -2.31. The van der Waals surface area contributed by atoms with Crippen LogP contribution in [0.5, 0.6) is 0 Å². The van der Waals surface area contributed by atoms with Crippen molar-refractivity contribution in [1.82, 2.24) is 10.6 Å². The summed E-state index contributed by atoms with van der Waals surface area (Å²) in [5, 5.41) is 6.06. The normalized spacial score (nSPS) is 9.83. The Labute approximate surface area is 74.9 Å². The predicted octanol–water partition coefficient (Wildman–Crippen LogP) is 0.902. The Hall–Kier alpha value is -0.570. The highest BCUT2D eigenvalue weighted by molar-refractivity contribution is 5.75. The average Bonchev–Trinajstić information content (AvgIpc) is 2.10. The van der Waals surface area contributed by atoms with E-state index in [-0.39, 0.29) is 5.91 Å². The molecule has 0 aromatic rings. The van der Waals surface area contributed by atoms with Crippen molar-refractivity contribution in [3.8, 4) is 0 Å². The largest absolute Gasteiger partial charge is 0.355 e. The van der Waals surface area contributed by atoms with E-state index in [1.807, 2.05) is 6.92 Å². The molecule has 72 valence electrons. The van der Waals surface area contributed by atoms with Crippen LogP contribution in [0.2, 0.25) is 0 Å². The van der Waals surface area contributed by atoms with Gasteiger partial charge in [0, 0.05) is 19.5 Å². The second-order valence-corrected chi connectivity index (χ2v) is 2.81. The van der Waals surface area contributed by atoms with Gasteiger partial charge in [-0.1, -0.05) is 20.3 Å². The Bertz CT molecular complexity index is 115. The van der Waals surface area contributed by atoms with E-state index in [1.165, 1.54) is 12.8 Å². The number of rotatable bonds is 7. The maximum Gasteiger partial charge on any atom is 0.219 e. The minimum atomic E-state index is 0.132. The Morgan fingerprint density at radius 1 is 1.17 bits per heavy atom. The molecule has 0 rings (SSSR count). The van der Waals surface area contributed by atoms with Crippen LogP contribution in [0.1, 0.15) is 33.1 Å². The van der Waals surface area contributed by atoms with Gasteiger partial charge < -0.3 is 10.6 Å². The van der Waals surface area contributed by atoms with E-state index in [0.29, 0.717) is 6.42 Å². The van der Waals surface area contributed by atoms with E-state index in [0.717, 1.165) is 19.6 Å². The molecule has 0 aromatic carbocycles. The Balaban J connectivity index is 2.95. The highest BCUT2D eigenvalue weighted by Gasteiger charge is 1.93. The molecule has 0 aliphatic heterocycles. The van der Waals surface area contributed by atoms with Crippen LogP contribution in [0.25, 0.3) is 0 Å². The van der Waals surface area contributed by atoms with E-state index < -0.39 is 0 Å². The molecular weight excluding hydrogens is 152 g/mol. The van der Waals surface area contributed by atoms with Crippen molar-refractivity contribution >= 4 is 5.91 Å². The molecule has 0 unspecified atom stereocenters. The Morgan fingerprint density at radius 3 is 2.50 bits per heavy atom. The molecule has 1 amide bonds. The maximum atomic E-state index is 10.8. The first-order chi connectivity index (χ1) is 5.81. The first-order valence-corrected chi connectivity index (χ1v) is 4.78. The summed E-state index contributed by atoms with van der Waals surface area (Å²) in [5.41, 5.74) is 0. The van der Waals surface area contributed by atoms with Gasteiger partial charge in [0.25, 0.3) is 0 Å². The SMILES string of the molecule is CCCCNCCNC(=O)CC. The quantitative estimate of drug-likeness (QED) is 0.560. The van der Waals surface area contributed by atoms with E-state index >= 15 is 0 Å². The van der Waals surface area contributed by atoms with Crippen LogP contribution in [-0.2, 0) is 4.79 Å². The van der Waals surface area contributed by atoms with Gasteiger partial charge in [-0.25, -0.2) is 0 Å². The topological polar surface area (TPSA) is 41.1 Å². The van der Waals surface area contributed by atoms with E-state index in [9.17, 15) is 4.79 Å². The lowest BCUT2D eigenvalue weighted by atomic mass is 10.3. The molecule has 0 fully saturated rings. The molecule has 3 nitrogen and oxygen atoms in total. The second kappa shape index (κ2) is 8.53. The van der Waals surface area contributed by atoms with Gasteiger partial charge >= 0.3 is 0 Å². The smallest absolute Gasteiger partial charge is 0.219 e. The highest BCUT2D eigenvalue weighted by Crippen LogP contribution is 1.81. The minimum absolute atomic E-state index is 0.132. The molecule has 0 saturated heterocycles. The van der Waals surface area contributed by atoms with Crippen molar-refractivity contribution in [3.63, 3.8) is 0 Å². The zero-order valence-corrected chi connectivity index (χ0v) is 8.15.